The van der Waals surface area contributed by atoms with Gasteiger partial charge in [-0.2, -0.15) is 0 Å². The number of aldehydes is 1. The molecule has 0 amide bonds. The second-order valence-corrected chi connectivity index (χ2v) is 3.72. The van der Waals surface area contributed by atoms with E-state index in [0.717, 1.165) is 19.4 Å². The largest absolute Gasteiger partial charge is 0.490 e. The van der Waals surface area contributed by atoms with Gasteiger partial charge in [0.25, 0.3) is 0 Å². The van der Waals surface area contributed by atoms with Gasteiger partial charge in [0.15, 0.2) is 6.29 Å². The number of hydrogen-bond donors (Lipinski definition) is 0. The molecular formula is C12H13FO3. The zero-order chi connectivity index (χ0) is 11.4. The number of benzene rings is 1. The highest BCUT2D eigenvalue weighted by molar-refractivity contribution is 5.79. The van der Waals surface area contributed by atoms with Crippen molar-refractivity contribution in [1.82, 2.24) is 0 Å². The first-order valence-electron chi connectivity index (χ1n) is 5.29. The van der Waals surface area contributed by atoms with Gasteiger partial charge in [-0.15, -0.1) is 0 Å². The van der Waals surface area contributed by atoms with Crippen LogP contribution in [0.5, 0.6) is 5.75 Å². The SMILES string of the molecule is O=Cc1c(F)cccc1OCC1CCCO1. The van der Waals surface area contributed by atoms with Crippen LogP contribution in [0.1, 0.15) is 23.2 Å². The van der Waals surface area contributed by atoms with Crippen molar-refractivity contribution < 1.29 is 18.7 Å². The van der Waals surface area contributed by atoms with Crippen molar-refractivity contribution >= 4 is 6.29 Å². The summed E-state index contributed by atoms with van der Waals surface area (Å²) in [4.78, 5) is 10.7. The van der Waals surface area contributed by atoms with E-state index >= 15 is 0 Å². The first kappa shape index (κ1) is 11.1. The van der Waals surface area contributed by atoms with E-state index in [4.69, 9.17) is 9.47 Å². The van der Waals surface area contributed by atoms with Crippen LogP contribution in [-0.2, 0) is 4.74 Å². The third-order valence-corrected chi connectivity index (χ3v) is 2.58. The Hall–Kier alpha value is -1.42. The van der Waals surface area contributed by atoms with Crippen molar-refractivity contribution in [3.05, 3.63) is 29.6 Å². The van der Waals surface area contributed by atoms with Gasteiger partial charge in [-0.05, 0) is 25.0 Å². The molecule has 86 valence electrons. The topological polar surface area (TPSA) is 35.5 Å². The molecule has 1 aromatic carbocycles. The molecule has 1 aromatic rings. The summed E-state index contributed by atoms with van der Waals surface area (Å²) in [5.74, 6) is -0.273. The quantitative estimate of drug-likeness (QED) is 0.735. The lowest BCUT2D eigenvalue weighted by Crippen LogP contribution is -2.17. The van der Waals surface area contributed by atoms with E-state index in [9.17, 15) is 9.18 Å². The van der Waals surface area contributed by atoms with Gasteiger partial charge in [0.05, 0.1) is 11.7 Å². The molecule has 1 saturated heterocycles. The molecule has 1 heterocycles. The van der Waals surface area contributed by atoms with Crippen LogP contribution >= 0.6 is 0 Å². The Bertz CT molecular complexity index is 373. The maximum absolute atomic E-state index is 13.2. The zero-order valence-electron chi connectivity index (χ0n) is 8.82. The molecule has 4 heteroatoms. The van der Waals surface area contributed by atoms with Gasteiger partial charge >= 0.3 is 0 Å². The second kappa shape index (κ2) is 5.07. The molecule has 0 aromatic heterocycles. The van der Waals surface area contributed by atoms with Crippen molar-refractivity contribution in [3.8, 4) is 5.75 Å². The van der Waals surface area contributed by atoms with Gasteiger partial charge in [-0.1, -0.05) is 6.07 Å². The van der Waals surface area contributed by atoms with Gasteiger partial charge in [0.1, 0.15) is 18.2 Å². The summed E-state index contributed by atoms with van der Waals surface area (Å²) in [6.07, 6.45) is 2.51. The summed E-state index contributed by atoms with van der Waals surface area (Å²) >= 11 is 0. The molecule has 0 aliphatic carbocycles. The van der Waals surface area contributed by atoms with Crippen LogP contribution < -0.4 is 4.74 Å². The van der Waals surface area contributed by atoms with Crippen molar-refractivity contribution in [3.63, 3.8) is 0 Å². The highest BCUT2D eigenvalue weighted by Gasteiger charge is 2.17. The number of hydrogen-bond acceptors (Lipinski definition) is 3. The minimum atomic E-state index is -0.556. The Balaban J connectivity index is 2.02. The van der Waals surface area contributed by atoms with Crippen molar-refractivity contribution in [1.29, 1.82) is 0 Å². The number of carbonyl (C=O) groups excluding carboxylic acids is 1. The van der Waals surface area contributed by atoms with Crippen LogP contribution in [0.25, 0.3) is 0 Å². The lowest BCUT2D eigenvalue weighted by atomic mass is 10.2. The van der Waals surface area contributed by atoms with Crippen LogP contribution in [0.15, 0.2) is 18.2 Å². The number of ether oxygens (including phenoxy) is 2. The normalized spacial score (nSPS) is 19.7. The Kier molecular flexibility index (Phi) is 3.51. The predicted molar refractivity (Wildman–Crippen MR) is 56.3 cm³/mol. The average Bonchev–Trinajstić information content (AvgIpc) is 2.79. The van der Waals surface area contributed by atoms with Crippen LogP contribution in [0.2, 0.25) is 0 Å². The van der Waals surface area contributed by atoms with Crippen LogP contribution in [0.4, 0.5) is 4.39 Å². The number of rotatable bonds is 4. The molecular weight excluding hydrogens is 211 g/mol. The number of carbonyl (C=O) groups is 1. The monoisotopic (exact) mass is 224 g/mol. The molecule has 0 spiro atoms. The van der Waals surface area contributed by atoms with E-state index in [2.05, 4.69) is 0 Å². The first-order chi connectivity index (χ1) is 7.81. The fourth-order valence-corrected chi connectivity index (χ4v) is 1.72. The molecule has 0 saturated carbocycles. The standard InChI is InChI=1S/C12H13FO3/c13-11-4-1-5-12(10(11)7-14)16-8-9-3-2-6-15-9/h1,4-5,7,9H,2-3,6,8H2. The molecule has 2 rings (SSSR count). The van der Waals surface area contributed by atoms with Gasteiger partial charge < -0.3 is 9.47 Å². The molecule has 1 aliphatic rings. The van der Waals surface area contributed by atoms with Gasteiger partial charge in [-0.3, -0.25) is 4.79 Å². The first-order valence-corrected chi connectivity index (χ1v) is 5.29. The van der Waals surface area contributed by atoms with E-state index < -0.39 is 5.82 Å². The van der Waals surface area contributed by atoms with Crippen LogP contribution in [0, 0.1) is 5.82 Å². The molecule has 16 heavy (non-hydrogen) atoms. The summed E-state index contributed by atoms with van der Waals surface area (Å²) in [6.45, 7) is 1.11. The van der Waals surface area contributed by atoms with Crippen molar-refractivity contribution in [2.45, 2.75) is 18.9 Å². The summed E-state index contributed by atoms with van der Waals surface area (Å²) in [5, 5.41) is 0. The van der Waals surface area contributed by atoms with E-state index in [1.54, 1.807) is 6.07 Å². The van der Waals surface area contributed by atoms with E-state index in [0.29, 0.717) is 12.9 Å². The minimum Gasteiger partial charge on any atom is -0.490 e. The Morgan fingerprint density at radius 2 is 2.44 bits per heavy atom. The fourth-order valence-electron chi connectivity index (χ4n) is 1.72. The lowest BCUT2D eigenvalue weighted by Gasteiger charge is -2.12. The summed E-state index contributed by atoms with van der Waals surface area (Å²) in [7, 11) is 0. The predicted octanol–water partition coefficient (Wildman–Crippen LogP) is 2.20. The van der Waals surface area contributed by atoms with Gasteiger partial charge in [0, 0.05) is 6.61 Å². The zero-order valence-corrected chi connectivity index (χ0v) is 8.82. The third-order valence-electron chi connectivity index (χ3n) is 2.58. The summed E-state index contributed by atoms with van der Waals surface area (Å²) in [5.41, 5.74) is -0.0273. The Labute approximate surface area is 93.2 Å². The number of halogens is 1. The Morgan fingerprint density at radius 1 is 1.56 bits per heavy atom. The van der Waals surface area contributed by atoms with Gasteiger partial charge in [0.2, 0.25) is 0 Å². The maximum atomic E-state index is 13.2. The van der Waals surface area contributed by atoms with E-state index in [1.165, 1.54) is 12.1 Å². The third kappa shape index (κ3) is 2.39. The van der Waals surface area contributed by atoms with Crippen LogP contribution in [0.3, 0.4) is 0 Å². The summed E-state index contributed by atoms with van der Waals surface area (Å²) < 4.78 is 24.0. The molecule has 0 N–H and O–H groups in total. The summed E-state index contributed by atoms with van der Waals surface area (Å²) in [6, 6.07) is 4.34. The highest BCUT2D eigenvalue weighted by atomic mass is 19.1. The molecule has 1 unspecified atom stereocenters. The lowest BCUT2D eigenvalue weighted by molar-refractivity contribution is 0.0673. The van der Waals surface area contributed by atoms with Crippen molar-refractivity contribution in [2.24, 2.45) is 0 Å². The van der Waals surface area contributed by atoms with Crippen molar-refractivity contribution in [2.75, 3.05) is 13.2 Å². The highest BCUT2D eigenvalue weighted by Crippen LogP contribution is 2.21. The Morgan fingerprint density at radius 3 is 3.12 bits per heavy atom. The molecule has 0 bridgehead atoms. The van der Waals surface area contributed by atoms with E-state index in [1.807, 2.05) is 0 Å². The second-order valence-electron chi connectivity index (χ2n) is 3.72. The molecule has 1 fully saturated rings. The maximum Gasteiger partial charge on any atom is 0.156 e. The molecule has 0 radical (unpaired) electrons. The molecule has 1 aliphatic heterocycles. The fraction of sp³-hybridized carbons (Fsp3) is 0.417. The molecule has 1 atom stereocenters. The van der Waals surface area contributed by atoms with Crippen LogP contribution in [-0.4, -0.2) is 25.6 Å². The minimum absolute atomic E-state index is 0.0273. The van der Waals surface area contributed by atoms with E-state index in [-0.39, 0.29) is 17.4 Å². The molecule has 3 nitrogen and oxygen atoms in total. The smallest absolute Gasteiger partial charge is 0.156 e. The van der Waals surface area contributed by atoms with Gasteiger partial charge in [-0.25, -0.2) is 4.39 Å². The average molecular weight is 224 g/mol.